The number of thiazole rings is 1. The number of hydrogen-bond acceptors (Lipinski definition) is 8. The predicted molar refractivity (Wildman–Crippen MR) is 132 cm³/mol. The first-order chi connectivity index (χ1) is 16.0. The van der Waals surface area contributed by atoms with Gasteiger partial charge in [0, 0.05) is 11.9 Å². The number of carboxylic acid groups (broad SMARTS) is 1. The standard InChI is InChI=1S/C24H27ClN4O4S/c1-13-7-14(9-15(8-13)28-22-27-10-17(25)19(29-22)33-4)18-11-26-21(34-18)24(32)6-5-16(20(30)31)23(2,3)12-24/h7-11,16,32H,5-6,12H2,1-4H3,(H,30,31)(H,27,28,29). The number of nitrogens with one attached hydrogen (secondary N) is 1. The largest absolute Gasteiger partial charge is 0.481 e. The molecule has 1 aromatic carbocycles. The molecule has 1 fully saturated rings. The van der Waals surface area contributed by atoms with Crippen molar-refractivity contribution in [3.8, 4) is 16.3 Å². The Balaban J connectivity index is 1.59. The zero-order valence-electron chi connectivity index (χ0n) is 19.4. The molecule has 3 N–H and O–H groups in total. The molecule has 10 heteroatoms. The molecule has 1 saturated carbocycles. The zero-order chi connectivity index (χ0) is 24.7. The van der Waals surface area contributed by atoms with Crippen molar-refractivity contribution in [2.45, 2.75) is 45.6 Å². The lowest BCUT2D eigenvalue weighted by Gasteiger charge is -2.44. The van der Waals surface area contributed by atoms with E-state index in [1.807, 2.05) is 39.0 Å². The molecule has 1 aliphatic rings. The molecular weight excluding hydrogens is 476 g/mol. The maximum absolute atomic E-state index is 11.6. The Morgan fingerprint density at radius 1 is 1.26 bits per heavy atom. The minimum Gasteiger partial charge on any atom is -0.481 e. The third-order valence-corrected chi connectivity index (χ3v) is 7.76. The molecule has 2 unspecified atom stereocenters. The number of halogens is 1. The van der Waals surface area contributed by atoms with Gasteiger partial charge in [-0.05, 0) is 54.9 Å². The van der Waals surface area contributed by atoms with Gasteiger partial charge in [-0.3, -0.25) is 4.79 Å². The maximum atomic E-state index is 11.6. The van der Waals surface area contributed by atoms with Crippen LogP contribution in [0.15, 0.2) is 30.6 Å². The third kappa shape index (κ3) is 4.87. The quantitative estimate of drug-likeness (QED) is 0.409. The summed E-state index contributed by atoms with van der Waals surface area (Å²) in [6.45, 7) is 5.79. The zero-order valence-corrected chi connectivity index (χ0v) is 21.0. The summed E-state index contributed by atoms with van der Waals surface area (Å²) >= 11 is 7.44. The fraction of sp³-hybridized carbons (Fsp3) is 0.417. The second-order valence-corrected chi connectivity index (χ2v) is 10.9. The Labute approximate surface area is 207 Å². The molecule has 2 heterocycles. The summed E-state index contributed by atoms with van der Waals surface area (Å²) in [5.41, 5.74) is 1.07. The van der Waals surface area contributed by atoms with Crippen LogP contribution in [0.3, 0.4) is 0 Å². The minimum atomic E-state index is -1.14. The highest BCUT2D eigenvalue weighted by Gasteiger charge is 2.49. The first-order valence-corrected chi connectivity index (χ1v) is 12.1. The van der Waals surface area contributed by atoms with Gasteiger partial charge in [0.15, 0.2) is 0 Å². The van der Waals surface area contributed by atoms with Crippen molar-refractivity contribution in [2.24, 2.45) is 11.3 Å². The van der Waals surface area contributed by atoms with Crippen LogP contribution < -0.4 is 10.1 Å². The lowest BCUT2D eigenvalue weighted by atomic mass is 9.63. The van der Waals surface area contributed by atoms with Crippen LogP contribution in [0.1, 0.15) is 43.7 Å². The van der Waals surface area contributed by atoms with E-state index in [9.17, 15) is 15.0 Å². The highest BCUT2D eigenvalue weighted by molar-refractivity contribution is 7.15. The average Bonchev–Trinajstić information content (AvgIpc) is 3.25. The molecule has 0 bridgehead atoms. The van der Waals surface area contributed by atoms with Crippen LogP contribution in [0, 0.1) is 18.3 Å². The van der Waals surface area contributed by atoms with Gasteiger partial charge < -0.3 is 20.3 Å². The van der Waals surface area contributed by atoms with Gasteiger partial charge in [0.25, 0.3) is 0 Å². The van der Waals surface area contributed by atoms with E-state index >= 15 is 0 Å². The van der Waals surface area contributed by atoms with E-state index in [1.54, 1.807) is 6.20 Å². The van der Waals surface area contributed by atoms with Crippen molar-refractivity contribution in [3.63, 3.8) is 0 Å². The number of hydrogen-bond donors (Lipinski definition) is 3. The number of carbonyl (C=O) groups is 1. The highest BCUT2D eigenvalue weighted by atomic mass is 35.5. The second kappa shape index (κ2) is 9.13. The fourth-order valence-corrected chi connectivity index (χ4v) is 5.87. The number of aliphatic carboxylic acids is 1. The van der Waals surface area contributed by atoms with Crippen LogP contribution >= 0.6 is 22.9 Å². The van der Waals surface area contributed by atoms with Gasteiger partial charge in [-0.25, -0.2) is 9.97 Å². The maximum Gasteiger partial charge on any atom is 0.307 e. The fourth-order valence-electron chi connectivity index (χ4n) is 4.68. The Kier molecular flexibility index (Phi) is 6.54. The lowest BCUT2D eigenvalue weighted by molar-refractivity contribution is -0.154. The number of benzene rings is 1. The van der Waals surface area contributed by atoms with Crippen LogP contribution in [0.2, 0.25) is 5.02 Å². The number of nitrogens with zero attached hydrogens (tertiary/aromatic N) is 3. The summed E-state index contributed by atoms with van der Waals surface area (Å²) in [6, 6.07) is 5.98. The van der Waals surface area contributed by atoms with Crippen molar-refractivity contribution in [1.82, 2.24) is 15.0 Å². The van der Waals surface area contributed by atoms with E-state index in [4.69, 9.17) is 16.3 Å². The number of rotatable bonds is 6. The molecule has 8 nitrogen and oxygen atoms in total. The molecule has 4 rings (SSSR count). The van der Waals surface area contributed by atoms with Crippen LogP contribution in [0.5, 0.6) is 5.88 Å². The molecule has 0 aliphatic heterocycles. The summed E-state index contributed by atoms with van der Waals surface area (Å²) in [6.07, 6.45) is 4.37. The number of carboxylic acids is 1. The van der Waals surface area contributed by atoms with E-state index in [0.717, 1.165) is 21.7 Å². The van der Waals surface area contributed by atoms with Crippen molar-refractivity contribution in [1.29, 1.82) is 0 Å². The van der Waals surface area contributed by atoms with E-state index in [0.29, 0.717) is 35.2 Å². The smallest absolute Gasteiger partial charge is 0.307 e. The van der Waals surface area contributed by atoms with Crippen molar-refractivity contribution in [3.05, 3.63) is 46.2 Å². The summed E-state index contributed by atoms with van der Waals surface area (Å²) in [5.74, 6) is -0.650. The second-order valence-electron chi connectivity index (χ2n) is 9.42. The number of aromatic nitrogens is 3. The van der Waals surface area contributed by atoms with Gasteiger partial charge >= 0.3 is 5.97 Å². The normalized spacial score (nSPS) is 21.8. The number of anilines is 2. The summed E-state index contributed by atoms with van der Waals surface area (Å²) in [5, 5.41) is 25.1. The van der Waals surface area contributed by atoms with Gasteiger partial charge in [0.2, 0.25) is 11.8 Å². The number of methoxy groups -OCH3 is 1. The Morgan fingerprint density at radius 2 is 2.03 bits per heavy atom. The summed E-state index contributed by atoms with van der Waals surface area (Å²) in [4.78, 5) is 25.5. The summed E-state index contributed by atoms with van der Waals surface area (Å²) in [7, 11) is 1.49. The van der Waals surface area contributed by atoms with Gasteiger partial charge in [-0.15, -0.1) is 11.3 Å². The third-order valence-electron chi connectivity index (χ3n) is 6.26. The van der Waals surface area contributed by atoms with Crippen LogP contribution in [-0.4, -0.2) is 38.2 Å². The Morgan fingerprint density at radius 3 is 2.71 bits per heavy atom. The molecule has 1 aliphatic carbocycles. The number of ether oxygens (including phenoxy) is 1. The Hall–Kier alpha value is -2.75. The first kappa shape index (κ1) is 24.4. The molecule has 0 spiro atoms. The van der Waals surface area contributed by atoms with Gasteiger partial charge in [-0.2, -0.15) is 4.98 Å². The molecular formula is C24H27ClN4O4S. The summed E-state index contributed by atoms with van der Waals surface area (Å²) < 4.78 is 5.16. The lowest BCUT2D eigenvalue weighted by Crippen LogP contribution is -2.44. The Bertz CT molecular complexity index is 1230. The van der Waals surface area contributed by atoms with E-state index in [1.165, 1.54) is 24.6 Å². The van der Waals surface area contributed by atoms with Crippen LogP contribution in [-0.2, 0) is 10.4 Å². The molecule has 34 heavy (non-hydrogen) atoms. The molecule has 180 valence electrons. The van der Waals surface area contributed by atoms with Crippen molar-refractivity contribution >= 4 is 40.5 Å². The monoisotopic (exact) mass is 502 g/mol. The SMILES string of the molecule is COc1nc(Nc2cc(C)cc(-c3cnc(C4(O)CCC(C(=O)O)C(C)(C)C4)s3)c2)ncc1Cl. The van der Waals surface area contributed by atoms with Gasteiger partial charge in [0.05, 0.1) is 24.1 Å². The average molecular weight is 503 g/mol. The molecule has 2 aromatic heterocycles. The minimum absolute atomic E-state index is 0.285. The van der Waals surface area contributed by atoms with Gasteiger partial charge in [0.1, 0.15) is 15.6 Å². The number of aryl methyl sites for hydroxylation is 1. The molecule has 2 atom stereocenters. The van der Waals surface area contributed by atoms with Crippen LogP contribution in [0.4, 0.5) is 11.6 Å². The van der Waals surface area contributed by atoms with Crippen molar-refractivity contribution in [2.75, 3.05) is 12.4 Å². The molecule has 3 aromatic rings. The van der Waals surface area contributed by atoms with E-state index < -0.39 is 22.9 Å². The predicted octanol–water partition coefficient (Wildman–Crippen LogP) is 5.41. The highest BCUT2D eigenvalue weighted by Crippen LogP contribution is 2.50. The van der Waals surface area contributed by atoms with E-state index in [-0.39, 0.29) is 5.88 Å². The van der Waals surface area contributed by atoms with E-state index in [2.05, 4.69) is 20.3 Å². The van der Waals surface area contributed by atoms with Crippen molar-refractivity contribution < 1.29 is 19.7 Å². The molecule has 0 amide bonds. The van der Waals surface area contributed by atoms with Crippen LogP contribution in [0.25, 0.3) is 10.4 Å². The molecule has 0 saturated heterocycles. The number of aliphatic hydroxyl groups is 1. The molecule has 0 radical (unpaired) electrons. The first-order valence-electron chi connectivity index (χ1n) is 10.9. The topological polar surface area (TPSA) is 117 Å². The van der Waals surface area contributed by atoms with Gasteiger partial charge in [-0.1, -0.05) is 31.5 Å².